The Morgan fingerprint density at radius 2 is 1.64 bits per heavy atom. The number of aryl methyl sites for hydroxylation is 3. The molecule has 0 aliphatic rings. The highest BCUT2D eigenvalue weighted by molar-refractivity contribution is 7.99. The van der Waals surface area contributed by atoms with Gasteiger partial charge >= 0.3 is 0 Å². The summed E-state index contributed by atoms with van der Waals surface area (Å²) in [6.45, 7) is 6.16. The number of halogens is 1. The van der Waals surface area contributed by atoms with Crippen molar-refractivity contribution >= 4 is 35.0 Å². The predicted octanol–water partition coefficient (Wildman–Crippen LogP) is 6.50. The molecule has 1 heterocycles. The molecule has 1 N–H and O–H groups in total. The SMILES string of the molecule is CCc1ccc(-n2c(SCC(=O)Nc3cc(C)cc(C)c3)nnc2-c2ccc(Cl)cc2)cc1. The van der Waals surface area contributed by atoms with Crippen molar-refractivity contribution in [2.45, 2.75) is 32.3 Å². The normalized spacial score (nSPS) is 10.9. The van der Waals surface area contributed by atoms with Gasteiger partial charge in [0.05, 0.1) is 5.75 Å². The van der Waals surface area contributed by atoms with Gasteiger partial charge in [-0.05, 0) is 85.5 Å². The van der Waals surface area contributed by atoms with E-state index in [2.05, 4.69) is 52.8 Å². The topological polar surface area (TPSA) is 59.8 Å². The number of nitrogens with zero attached hydrogens (tertiary/aromatic N) is 3. The Morgan fingerprint density at radius 1 is 0.970 bits per heavy atom. The molecule has 0 saturated heterocycles. The molecule has 1 aromatic heterocycles. The molecule has 4 aromatic rings. The number of rotatable bonds is 7. The summed E-state index contributed by atoms with van der Waals surface area (Å²) < 4.78 is 1.98. The number of carbonyl (C=O) groups excluding carboxylic acids is 1. The van der Waals surface area contributed by atoms with Crippen LogP contribution in [0.5, 0.6) is 0 Å². The minimum absolute atomic E-state index is 0.0890. The van der Waals surface area contributed by atoms with Crippen LogP contribution in [0.3, 0.4) is 0 Å². The third-order valence-corrected chi connectivity index (χ3v) is 6.36. The van der Waals surface area contributed by atoms with Crippen LogP contribution < -0.4 is 5.32 Å². The van der Waals surface area contributed by atoms with Crippen molar-refractivity contribution in [3.8, 4) is 17.1 Å². The van der Waals surface area contributed by atoms with Crippen molar-refractivity contribution < 1.29 is 4.79 Å². The Balaban J connectivity index is 1.60. The van der Waals surface area contributed by atoms with Crippen molar-refractivity contribution in [3.05, 3.63) is 88.4 Å². The van der Waals surface area contributed by atoms with E-state index in [1.165, 1.54) is 17.3 Å². The number of anilines is 1. The van der Waals surface area contributed by atoms with Gasteiger partial charge in [-0.3, -0.25) is 9.36 Å². The zero-order chi connectivity index (χ0) is 23.4. The lowest BCUT2D eigenvalue weighted by Crippen LogP contribution is -2.14. The van der Waals surface area contributed by atoms with Crippen molar-refractivity contribution in [2.24, 2.45) is 0 Å². The average Bonchev–Trinajstić information content (AvgIpc) is 3.21. The smallest absolute Gasteiger partial charge is 0.234 e. The summed E-state index contributed by atoms with van der Waals surface area (Å²) in [5.41, 5.74) is 6.12. The second-order valence-corrected chi connectivity index (χ2v) is 9.26. The monoisotopic (exact) mass is 476 g/mol. The molecule has 0 radical (unpaired) electrons. The molecule has 1 amide bonds. The molecule has 0 atom stereocenters. The van der Waals surface area contributed by atoms with E-state index in [0.717, 1.165) is 34.5 Å². The lowest BCUT2D eigenvalue weighted by atomic mass is 10.1. The van der Waals surface area contributed by atoms with Crippen molar-refractivity contribution in [1.29, 1.82) is 0 Å². The first-order valence-electron chi connectivity index (χ1n) is 10.7. The summed E-state index contributed by atoms with van der Waals surface area (Å²) >= 11 is 7.43. The van der Waals surface area contributed by atoms with Gasteiger partial charge in [0.1, 0.15) is 0 Å². The Morgan fingerprint density at radius 3 is 2.27 bits per heavy atom. The van der Waals surface area contributed by atoms with Gasteiger partial charge in [0.25, 0.3) is 0 Å². The Kier molecular flexibility index (Phi) is 7.16. The van der Waals surface area contributed by atoms with Gasteiger partial charge < -0.3 is 5.32 Å². The van der Waals surface area contributed by atoms with Crippen LogP contribution in [0.4, 0.5) is 5.69 Å². The van der Waals surface area contributed by atoms with Gasteiger partial charge in [-0.15, -0.1) is 10.2 Å². The molecule has 7 heteroatoms. The molecule has 0 aliphatic carbocycles. The minimum atomic E-state index is -0.0890. The van der Waals surface area contributed by atoms with Gasteiger partial charge in [-0.25, -0.2) is 0 Å². The summed E-state index contributed by atoms with van der Waals surface area (Å²) in [7, 11) is 0. The van der Waals surface area contributed by atoms with Crippen molar-refractivity contribution in [3.63, 3.8) is 0 Å². The fraction of sp³-hybridized carbons (Fsp3) is 0.192. The maximum atomic E-state index is 12.6. The van der Waals surface area contributed by atoms with Gasteiger partial charge in [0.2, 0.25) is 5.91 Å². The van der Waals surface area contributed by atoms with Crippen molar-refractivity contribution in [2.75, 3.05) is 11.1 Å². The number of thioether (sulfide) groups is 1. The molecule has 0 aliphatic heterocycles. The summed E-state index contributed by atoms with van der Waals surface area (Å²) in [5, 5.41) is 13.1. The third kappa shape index (κ3) is 5.64. The highest BCUT2D eigenvalue weighted by Crippen LogP contribution is 2.29. The molecule has 0 bridgehead atoms. The molecule has 168 valence electrons. The number of amides is 1. The maximum Gasteiger partial charge on any atom is 0.234 e. The lowest BCUT2D eigenvalue weighted by molar-refractivity contribution is -0.113. The number of hydrogen-bond donors (Lipinski definition) is 1. The highest BCUT2D eigenvalue weighted by atomic mass is 35.5. The average molecular weight is 477 g/mol. The Hall–Kier alpha value is -3.09. The summed E-state index contributed by atoms with van der Waals surface area (Å²) in [6.07, 6.45) is 0.965. The first kappa shape index (κ1) is 23.1. The quantitative estimate of drug-likeness (QED) is 0.309. The van der Waals surface area contributed by atoms with Crippen LogP contribution in [0.2, 0.25) is 5.02 Å². The van der Waals surface area contributed by atoms with Gasteiger partial charge in [0.15, 0.2) is 11.0 Å². The molecule has 0 unspecified atom stereocenters. The number of aromatic nitrogens is 3. The third-order valence-electron chi connectivity index (χ3n) is 5.18. The van der Waals surface area contributed by atoms with Gasteiger partial charge in [-0.1, -0.05) is 48.5 Å². The zero-order valence-electron chi connectivity index (χ0n) is 18.8. The van der Waals surface area contributed by atoms with Crippen LogP contribution in [-0.4, -0.2) is 26.4 Å². The van der Waals surface area contributed by atoms with E-state index in [4.69, 9.17) is 11.6 Å². The Bertz CT molecular complexity index is 1250. The van der Waals surface area contributed by atoms with Crippen LogP contribution >= 0.6 is 23.4 Å². The van der Waals surface area contributed by atoms with E-state index in [0.29, 0.717) is 16.0 Å². The van der Waals surface area contributed by atoms with Crippen molar-refractivity contribution in [1.82, 2.24) is 14.8 Å². The van der Waals surface area contributed by atoms with E-state index in [-0.39, 0.29) is 11.7 Å². The molecule has 3 aromatic carbocycles. The molecule has 0 fully saturated rings. The zero-order valence-corrected chi connectivity index (χ0v) is 20.4. The first-order chi connectivity index (χ1) is 15.9. The number of hydrogen-bond acceptors (Lipinski definition) is 4. The van der Waals surface area contributed by atoms with Crippen LogP contribution in [0.25, 0.3) is 17.1 Å². The van der Waals surface area contributed by atoms with Crippen LogP contribution in [-0.2, 0) is 11.2 Å². The Labute approximate surface area is 203 Å². The second kappa shape index (κ2) is 10.2. The van der Waals surface area contributed by atoms with E-state index < -0.39 is 0 Å². The molecule has 0 spiro atoms. The fourth-order valence-electron chi connectivity index (χ4n) is 3.64. The number of benzene rings is 3. The molecular weight excluding hydrogens is 452 g/mol. The largest absolute Gasteiger partial charge is 0.325 e. The van der Waals surface area contributed by atoms with E-state index in [9.17, 15) is 4.79 Å². The molecule has 4 rings (SSSR count). The summed E-state index contributed by atoms with van der Waals surface area (Å²) in [4.78, 5) is 12.6. The predicted molar refractivity (Wildman–Crippen MR) is 136 cm³/mol. The molecule has 33 heavy (non-hydrogen) atoms. The van der Waals surface area contributed by atoms with Crippen LogP contribution in [0.1, 0.15) is 23.6 Å². The van der Waals surface area contributed by atoms with Gasteiger partial charge in [-0.2, -0.15) is 0 Å². The van der Waals surface area contributed by atoms with E-state index in [1.807, 2.05) is 54.8 Å². The standard InChI is InChI=1S/C26H25ClN4OS/c1-4-19-5-11-23(12-6-19)31-25(20-7-9-21(27)10-8-20)29-30-26(31)33-16-24(32)28-22-14-17(2)13-18(3)15-22/h5-15H,4,16H2,1-3H3,(H,28,32). The maximum absolute atomic E-state index is 12.6. The van der Waals surface area contributed by atoms with E-state index in [1.54, 1.807) is 0 Å². The summed E-state index contributed by atoms with van der Waals surface area (Å²) in [5.74, 6) is 0.834. The molecular formula is C26H25ClN4OS. The first-order valence-corrected chi connectivity index (χ1v) is 12.1. The minimum Gasteiger partial charge on any atom is -0.325 e. The van der Waals surface area contributed by atoms with E-state index >= 15 is 0 Å². The highest BCUT2D eigenvalue weighted by Gasteiger charge is 2.17. The summed E-state index contributed by atoms with van der Waals surface area (Å²) in [6, 6.07) is 21.8. The lowest BCUT2D eigenvalue weighted by Gasteiger charge is -2.11. The number of nitrogens with one attached hydrogen (secondary N) is 1. The molecule has 5 nitrogen and oxygen atoms in total. The fourth-order valence-corrected chi connectivity index (χ4v) is 4.51. The molecule has 0 saturated carbocycles. The van der Waals surface area contributed by atoms with Crippen LogP contribution in [0.15, 0.2) is 71.9 Å². The van der Waals surface area contributed by atoms with Crippen LogP contribution in [0, 0.1) is 13.8 Å². The second-order valence-electron chi connectivity index (χ2n) is 7.88. The number of carbonyl (C=O) groups is 1. The van der Waals surface area contributed by atoms with Gasteiger partial charge in [0, 0.05) is 22.0 Å².